The minimum Gasteiger partial charge on any atom is -0.394 e. The van der Waals surface area contributed by atoms with Gasteiger partial charge in [-0.2, -0.15) is 0 Å². The van der Waals surface area contributed by atoms with Gasteiger partial charge in [0.15, 0.2) is 29.5 Å². The highest BCUT2D eigenvalue weighted by molar-refractivity contribution is 8.10. The number of benzene rings is 2. The van der Waals surface area contributed by atoms with Gasteiger partial charge >= 0.3 is 0 Å². The molecule has 170 valence electrons. The number of aliphatic hydroxyl groups excluding tert-OH is 1. The summed E-state index contributed by atoms with van der Waals surface area (Å²) in [6, 6.07) is 14.9. The number of ketones is 1. The molecule has 2 aliphatic rings. The van der Waals surface area contributed by atoms with Gasteiger partial charge in [-0.1, -0.05) is 36.4 Å². The first kappa shape index (κ1) is 22.8. The molecule has 0 aliphatic heterocycles. The summed E-state index contributed by atoms with van der Waals surface area (Å²) in [5, 5.41) is 9.32. The minimum atomic E-state index is -4.48. The van der Waals surface area contributed by atoms with E-state index >= 15 is 0 Å². The molecule has 0 spiro atoms. The lowest BCUT2D eigenvalue weighted by Crippen LogP contribution is -2.55. The standard InChI is InChI=1S/C23H24O7S2/c24-15-16-30-22-12-11-18(25)17-21(22)23(14-13-22,31(26,27)19-7-3-1-4-8-19)32(28,29)20-9-5-2-6-10-20/h1-12,21,24H,13-17H2/t21-,22+/m0/s1. The third-order valence-corrected chi connectivity index (χ3v) is 12.3. The third-order valence-electron chi connectivity index (χ3n) is 6.42. The summed E-state index contributed by atoms with van der Waals surface area (Å²) in [5.41, 5.74) is -1.29. The largest absolute Gasteiger partial charge is 0.394 e. The van der Waals surface area contributed by atoms with E-state index in [2.05, 4.69) is 0 Å². The molecule has 7 nitrogen and oxygen atoms in total. The first-order valence-electron chi connectivity index (χ1n) is 10.3. The molecule has 2 aromatic carbocycles. The van der Waals surface area contributed by atoms with Gasteiger partial charge in [-0.25, -0.2) is 16.8 Å². The monoisotopic (exact) mass is 476 g/mol. The van der Waals surface area contributed by atoms with E-state index in [1.165, 1.54) is 60.7 Å². The maximum atomic E-state index is 14.1. The molecule has 0 bridgehead atoms. The molecule has 0 aromatic heterocycles. The van der Waals surface area contributed by atoms with Crippen LogP contribution in [-0.4, -0.2) is 50.6 Å². The van der Waals surface area contributed by atoms with E-state index in [4.69, 9.17) is 4.74 Å². The Kier molecular flexibility index (Phi) is 5.87. The van der Waals surface area contributed by atoms with Crippen molar-refractivity contribution in [1.82, 2.24) is 0 Å². The Morgan fingerprint density at radius 2 is 1.41 bits per heavy atom. The lowest BCUT2D eigenvalue weighted by Gasteiger charge is -2.41. The zero-order chi connectivity index (χ0) is 23.0. The van der Waals surface area contributed by atoms with Crippen molar-refractivity contribution in [3.8, 4) is 0 Å². The number of carbonyl (C=O) groups is 1. The number of sulfone groups is 2. The van der Waals surface area contributed by atoms with Crippen LogP contribution in [0, 0.1) is 5.92 Å². The fourth-order valence-corrected chi connectivity index (χ4v) is 10.6. The molecule has 2 aromatic rings. The molecule has 0 heterocycles. The van der Waals surface area contributed by atoms with Crippen LogP contribution in [0.2, 0.25) is 0 Å². The molecule has 0 unspecified atom stereocenters. The average molecular weight is 477 g/mol. The van der Waals surface area contributed by atoms with Crippen molar-refractivity contribution >= 4 is 25.5 Å². The highest BCUT2D eigenvalue weighted by Crippen LogP contribution is 2.58. The first-order chi connectivity index (χ1) is 15.2. The van der Waals surface area contributed by atoms with Gasteiger partial charge in [-0.3, -0.25) is 4.79 Å². The molecule has 1 saturated carbocycles. The number of rotatable bonds is 7. The predicted octanol–water partition coefficient (Wildman–Crippen LogP) is 2.32. The van der Waals surface area contributed by atoms with E-state index in [1.54, 1.807) is 12.1 Å². The van der Waals surface area contributed by atoms with E-state index < -0.39 is 35.3 Å². The quantitative estimate of drug-likeness (QED) is 0.652. The molecule has 0 radical (unpaired) electrons. The van der Waals surface area contributed by atoms with Crippen LogP contribution in [0.5, 0.6) is 0 Å². The van der Waals surface area contributed by atoms with Crippen LogP contribution < -0.4 is 0 Å². The molecule has 32 heavy (non-hydrogen) atoms. The van der Waals surface area contributed by atoms with Crippen LogP contribution >= 0.6 is 0 Å². The molecule has 4 rings (SSSR count). The summed E-state index contributed by atoms with van der Waals surface area (Å²) in [7, 11) is -8.96. The van der Waals surface area contributed by atoms with Crippen molar-refractivity contribution in [2.45, 2.75) is 38.7 Å². The first-order valence-corrected chi connectivity index (χ1v) is 13.2. The summed E-state index contributed by atoms with van der Waals surface area (Å²) in [6.45, 7) is -0.429. The smallest absolute Gasteiger partial charge is 0.199 e. The fourth-order valence-electron chi connectivity index (χ4n) is 4.96. The van der Waals surface area contributed by atoms with Crippen molar-refractivity contribution in [3.05, 3.63) is 72.8 Å². The Balaban J connectivity index is 2.02. The fraction of sp³-hybridized carbons (Fsp3) is 0.348. The molecule has 1 N–H and O–H groups in total. The van der Waals surface area contributed by atoms with Crippen LogP contribution in [0.15, 0.2) is 82.6 Å². The lowest BCUT2D eigenvalue weighted by molar-refractivity contribution is -0.120. The van der Waals surface area contributed by atoms with E-state index in [-0.39, 0.29) is 48.1 Å². The Morgan fingerprint density at radius 3 is 1.91 bits per heavy atom. The molecule has 9 heteroatoms. The Labute approximate surface area is 187 Å². The van der Waals surface area contributed by atoms with Crippen molar-refractivity contribution in [2.24, 2.45) is 5.92 Å². The van der Waals surface area contributed by atoms with Crippen LogP contribution in [0.1, 0.15) is 19.3 Å². The molecule has 2 aliphatic carbocycles. The van der Waals surface area contributed by atoms with Gasteiger partial charge in [0.1, 0.15) is 0 Å². The lowest BCUT2D eigenvalue weighted by atomic mass is 9.81. The maximum Gasteiger partial charge on any atom is 0.199 e. The summed E-state index contributed by atoms with van der Waals surface area (Å²) < 4.78 is 60.1. The number of carbonyl (C=O) groups excluding carboxylic acids is 1. The maximum absolute atomic E-state index is 14.1. The van der Waals surface area contributed by atoms with E-state index in [0.29, 0.717) is 0 Å². The number of allylic oxidation sites excluding steroid dienone is 1. The van der Waals surface area contributed by atoms with E-state index in [1.807, 2.05) is 0 Å². The number of fused-ring (bicyclic) bond motifs is 1. The van der Waals surface area contributed by atoms with Gasteiger partial charge in [0.25, 0.3) is 0 Å². The normalized spacial score (nSPS) is 24.9. The van der Waals surface area contributed by atoms with Crippen LogP contribution in [0.4, 0.5) is 0 Å². The Hall–Kier alpha value is -2.33. The minimum absolute atomic E-state index is 0.0829. The number of hydrogen-bond acceptors (Lipinski definition) is 7. The SMILES string of the molecule is O=C1C=C[C@@]2(OCCO)CCC(S(=O)(=O)c3ccccc3)(S(=O)(=O)c3ccccc3)[C@H]2C1. The second kappa shape index (κ2) is 8.22. The summed E-state index contributed by atoms with van der Waals surface area (Å²) in [5.74, 6) is -1.54. The van der Waals surface area contributed by atoms with E-state index in [9.17, 15) is 26.7 Å². The molecule has 0 amide bonds. The molecular formula is C23H24O7S2. The van der Waals surface area contributed by atoms with Gasteiger partial charge in [0.2, 0.25) is 0 Å². The predicted molar refractivity (Wildman–Crippen MR) is 117 cm³/mol. The summed E-state index contributed by atoms with van der Waals surface area (Å²) >= 11 is 0. The van der Waals surface area contributed by atoms with Crippen molar-refractivity contribution in [3.63, 3.8) is 0 Å². The van der Waals surface area contributed by atoms with Gasteiger partial charge < -0.3 is 9.84 Å². The topological polar surface area (TPSA) is 115 Å². The Bertz CT molecular complexity index is 1170. The van der Waals surface area contributed by atoms with Gasteiger partial charge in [-0.05, 0) is 49.3 Å². The number of aliphatic hydroxyl groups is 1. The van der Waals surface area contributed by atoms with Gasteiger partial charge in [0, 0.05) is 12.3 Å². The Morgan fingerprint density at radius 1 is 0.875 bits per heavy atom. The molecular weight excluding hydrogens is 452 g/mol. The van der Waals surface area contributed by atoms with Crippen molar-refractivity contribution < 1.29 is 31.5 Å². The second-order valence-electron chi connectivity index (χ2n) is 8.03. The van der Waals surface area contributed by atoms with E-state index in [0.717, 1.165) is 0 Å². The third kappa shape index (κ3) is 3.26. The van der Waals surface area contributed by atoms with Crippen molar-refractivity contribution in [1.29, 1.82) is 0 Å². The highest BCUT2D eigenvalue weighted by atomic mass is 32.3. The summed E-state index contributed by atoms with van der Waals surface area (Å²) in [6.07, 6.45) is 2.34. The molecule has 1 fully saturated rings. The van der Waals surface area contributed by atoms with Crippen LogP contribution in [0.25, 0.3) is 0 Å². The second-order valence-corrected chi connectivity index (χ2v) is 12.7. The molecule has 2 atom stereocenters. The van der Waals surface area contributed by atoms with Crippen LogP contribution in [0.3, 0.4) is 0 Å². The zero-order valence-electron chi connectivity index (χ0n) is 17.3. The van der Waals surface area contributed by atoms with Crippen molar-refractivity contribution in [2.75, 3.05) is 13.2 Å². The van der Waals surface area contributed by atoms with Gasteiger partial charge in [-0.15, -0.1) is 0 Å². The summed E-state index contributed by atoms with van der Waals surface area (Å²) in [4.78, 5) is 12.2. The average Bonchev–Trinajstić information content (AvgIpc) is 3.15. The van der Waals surface area contributed by atoms with Crippen LogP contribution in [-0.2, 0) is 29.2 Å². The molecule has 0 saturated heterocycles. The number of ether oxygens (including phenoxy) is 1. The highest BCUT2D eigenvalue weighted by Gasteiger charge is 2.71. The number of hydrogen-bond donors (Lipinski definition) is 1. The van der Waals surface area contributed by atoms with Gasteiger partial charge in [0.05, 0.1) is 28.6 Å². The zero-order valence-corrected chi connectivity index (χ0v) is 18.9.